The Kier molecular flexibility index (Phi) is 5.11. The molecule has 5 heteroatoms. The van der Waals surface area contributed by atoms with Gasteiger partial charge in [0.25, 0.3) is 0 Å². The minimum Gasteiger partial charge on any atom is -0.381 e. The van der Waals surface area contributed by atoms with E-state index in [1.54, 1.807) is 0 Å². The lowest BCUT2D eigenvalue weighted by Gasteiger charge is -2.23. The van der Waals surface area contributed by atoms with E-state index in [9.17, 15) is 8.42 Å². The van der Waals surface area contributed by atoms with Crippen molar-refractivity contribution in [1.82, 2.24) is 4.72 Å². The van der Waals surface area contributed by atoms with Crippen molar-refractivity contribution in [3.05, 3.63) is 59.7 Å². The van der Waals surface area contributed by atoms with Crippen LogP contribution in [-0.4, -0.2) is 27.4 Å². The van der Waals surface area contributed by atoms with Gasteiger partial charge >= 0.3 is 0 Å². The summed E-state index contributed by atoms with van der Waals surface area (Å²) in [4.78, 5) is 0. The second kappa shape index (κ2) is 7.51. The Morgan fingerprint density at radius 2 is 1.73 bits per heavy atom. The number of hydrogen-bond donors (Lipinski definition) is 1. The highest BCUT2D eigenvalue weighted by molar-refractivity contribution is 7.89. The molecule has 2 aromatic carbocycles. The van der Waals surface area contributed by atoms with Crippen LogP contribution in [0.25, 0.3) is 11.1 Å². The molecule has 2 aliphatic rings. The van der Waals surface area contributed by atoms with Crippen molar-refractivity contribution in [2.24, 2.45) is 5.92 Å². The van der Waals surface area contributed by atoms with Gasteiger partial charge in [-0.25, -0.2) is 13.1 Å². The van der Waals surface area contributed by atoms with Crippen LogP contribution in [-0.2, 0) is 21.2 Å². The van der Waals surface area contributed by atoms with Crippen LogP contribution < -0.4 is 4.72 Å². The van der Waals surface area contributed by atoms with Crippen LogP contribution in [0.3, 0.4) is 0 Å². The lowest BCUT2D eigenvalue weighted by Crippen LogP contribution is -2.34. The SMILES string of the molecule is O=S(=O)(CC1CCOCC1)N[C@H]1CCc2ccc(-c3ccccc3)cc21. The van der Waals surface area contributed by atoms with Gasteiger partial charge in [-0.1, -0.05) is 42.5 Å². The summed E-state index contributed by atoms with van der Waals surface area (Å²) in [7, 11) is -3.29. The largest absolute Gasteiger partial charge is 0.381 e. The fourth-order valence-electron chi connectivity index (χ4n) is 4.02. The summed E-state index contributed by atoms with van der Waals surface area (Å²) in [5.74, 6) is 0.415. The van der Waals surface area contributed by atoms with Crippen LogP contribution in [0.2, 0.25) is 0 Å². The van der Waals surface area contributed by atoms with E-state index in [2.05, 4.69) is 35.1 Å². The fourth-order valence-corrected chi connectivity index (χ4v) is 5.75. The maximum absolute atomic E-state index is 12.7. The number of rotatable bonds is 5. The van der Waals surface area contributed by atoms with Crippen molar-refractivity contribution in [3.8, 4) is 11.1 Å². The molecule has 0 saturated carbocycles. The predicted octanol–water partition coefficient (Wildman–Crippen LogP) is 3.69. The summed E-state index contributed by atoms with van der Waals surface area (Å²) in [6.07, 6.45) is 3.43. The third-order valence-electron chi connectivity index (χ3n) is 5.45. The van der Waals surface area contributed by atoms with Crippen molar-refractivity contribution in [3.63, 3.8) is 0 Å². The first-order valence-corrected chi connectivity index (χ1v) is 11.0. The Morgan fingerprint density at radius 3 is 2.50 bits per heavy atom. The molecule has 26 heavy (non-hydrogen) atoms. The van der Waals surface area contributed by atoms with Gasteiger partial charge in [-0.15, -0.1) is 0 Å². The molecule has 0 bridgehead atoms. The molecule has 1 N–H and O–H groups in total. The van der Waals surface area contributed by atoms with E-state index in [-0.39, 0.29) is 17.7 Å². The normalized spacial score (nSPS) is 20.8. The molecule has 0 radical (unpaired) electrons. The van der Waals surface area contributed by atoms with Crippen LogP contribution in [0, 0.1) is 5.92 Å². The summed E-state index contributed by atoms with van der Waals surface area (Å²) in [5.41, 5.74) is 4.68. The number of benzene rings is 2. The zero-order valence-electron chi connectivity index (χ0n) is 14.9. The molecule has 1 aliphatic heterocycles. The number of aryl methyl sites for hydroxylation is 1. The van der Waals surface area contributed by atoms with Gasteiger partial charge in [-0.3, -0.25) is 0 Å². The first kappa shape index (κ1) is 17.7. The Hall–Kier alpha value is -1.69. The molecule has 2 aromatic rings. The number of ether oxygens (including phenoxy) is 1. The van der Waals surface area contributed by atoms with Gasteiger partial charge < -0.3 is 4.74 Å². The van der Waals surface area contributed by atoms with E-state index in [4.69, 9.17) is 4.74 Å². The average molecular weight is 372 g/mol. The van der Waals surface area contributed by atoms with E-state index in [1.807, 2.05) is 18.2 Å². The lowest BCUT2D eigenvalue weighted by molar-refractivity contribution is 0.0723. The number of nitrogens with one attached hydrogen (secondary N) is 1. The molecule has 1 fully saturated rings. The molecule has 1 atom stereocenters. The second-order valence-electron chi connectivity index (χ2n) is 7.33. The van der Waals surface area contributed by atoms with Crippen LogP contribution in [0.5, 0.6) is 0 Å². The standard InChI is InChI=1S/C21H25NO3S/c23-26(24,15-16-10-12-25-13-11-16)22-21-9-8-18-6-7-19(14-20(18)21)17-4-2-1-3-5-17/h1-7,14,16,21-22H,8-13,15H2/t21-/m0/s1. The molecule has 0 aromatic heterocycles. The zero-order valence-corrected chi connectivity index (χ0v) is 15.7. The molecule has 4 nitrogen and oxygen atoms in total. The van der Waals surface area contributed by atoms with Gasteiger partial charge in [0.15, 0.2) is 0 Å². The Labute approximate surface area is 155 Å². The number of fused-ring (bicyclic) bond motifs is 1. The van der Waals surface area contributed by atoms with Gasteiger partial charge in [0, 0.05) is 19.3 Å². The van der Waals surface area contributed by atoms with E-state index < -0.39 is 10.0 Å². The highest BCUT2D eigenvalue weighted by Crippen LogP contribution is 2.35. The molecule has 1 aliphatic carbocycles. The first-order valence-electron chi connectivity index (χ1n) is 9.37. The van der Waals surface area contributed by atoms with E-state index >= 15 is 0 Å². The highest BCUT2D eigenvalue weighted by Gasteiger charge is 2.29. The van der Waals surface area contributed by atoms with E-state index in [0.717, 1.165) is 42.4 Å². The van der Waals surface area contributed by atoms with Gasteiger partial charge in [0.05, 0.1) is 5.75 Å². The summed E-state index contributed by atoms with van der Waals surface area (Å²) in [6.45, 7) is 1.35. The van der Waals surface area contributed by atoms with Crippen LogP contribution in [0.4, 0.5) is 0 Å². The number of hydrogen-bond acceptors (Lipinski definition) is 3. The summed E-state index contributed by atoms with van der Waals surface area (Å²) in [6, 6.07) is 16.5. The molecule has 1 heterocycles. The maximum atomic E-state index is 12.7. The Balaban J connectivity index is 1.51. The van der Waals surface area contributed by atoms with E-state index in [0.29, 0.717) is 13.2 Å². The van der Waals surface area contributed by atoms with Crippen molar-refractivity contribution in [2.45, 2.75) is 31.7 Å². The summed E-state index contributed by atoms with van der Waals surface area (Å²) in [5, 5.41) is 0. The molecular weight excluding hydrogens is 346 g/mol. The average Bonchev–Trinajstić information content (AvgIpc) is 3.04. The monoisotopic (exact) mass is 371 g/mol. The fraction of sp³-hybridized carbons (Fsp3) is 0.429. The second-order valence-corrected chi connectivity index (χ2v) is 9.12. The topological polar surface area (TPSA) is 55.4 Å². The maximum Gasteiger partial charge on any atom is 0.212 e. The summed E-state index contributed by atoms with van der Waals surface area (Å²) >= 11 is 0. The molecule has 0 amide bonds. The quantitative estimate of drug-likeness (QED) is 0.872. The Bertz CT molecular complexity index is 858. The molecular formula is C21H25NO3S. The Morgan fingerprint density at radius 1 is 0.962 bits per heavy atom. The first-order chi connectivity index (χ1) is 12.6. The smallest absolute Gasteiger partial charge is 0.212 e. The van der Waals surface area contributed by atoms with Crippen molar-refractivity contribution in [1.29, 1.82) is 0 Å². The van der Waals surface area contributed by atoms with Crippen LogP contribution in [0.1, 0.15) is 36.4 Å². The van der Waals surface area contributed by atoms with Crippen LogP contribution in [0.15, 0.2) is 48.5 Å². The lowest BCUT2D eigenvalue weighted by atomic mass is 10.00. The van der Waals surface area contributed by atoms with Crippen molar-refractivity contribution >= 4 is 10.0 Å². The van der Waals surface area contributed by atoms with E-state index in [1.165, 1.54) is 5.56 Å². The highest BCUT2D eigenvalue weighted by atomic mass is 32.2. The molecule has 138 valence electrons. The summed E-state index contributed by atoms with van der Waals surface area (Å²) < 4.78 is 33.6. The van der Waals surface area contributed by atoms with Crippen LogP contribution >= 0.6 is 0 Å². The third-order valence-corrected chi connectivity index (χ3v) is 7.00. The number of sulfonamides is 1. The zero-order chi connectivity index (χ0) is 18.0. The van der Waals surface area contributed by atoms with Gasteiger partial charge in [0.1, 0.15) is 0 Å². The molecule has 0 unspecified atom stereocenters. The van der Waals surface area contributed by atoms with Crippen molar-refractivity contribution < 1.29 is 13.2 Å². The molecule has 0 spiro atoms. The van der Waals surface area contributed by atoms with Gasteiger partial charge in [-0.05, 0) is 59.9 Å². The molecule has 4 rings (SSSR count). The minimum absolute atomic E-state index is 0.112. The third kappa shape index (κ3) is 4.00. The van der Waals surface area contributed by atoms with Crippen molar-refractivity contribution in [2.75, 3.05) is 19.0 Å². The van der Waals surface area contributed by atoms with Gasteiger partial charge in [-0.2, -0.15) is 0 Å². The predicted molar refractivity (Wildman–Crippen MR) is 103 cm³/mol. The molecule has 1 saturated heterocycles. The van der Waals surface area contributed by atoms with Gasteiger partial charge in [0.2, 0.25) is 10.0 Å². The minimum atomic E-state index is -3.29.